The third kappa shape index (κ3) is 3.30. The molecule has 0 atom stereocenters. The third-order valence-electron chi connectivity index (χ3n) is 3.07. The number of rotatable bonds is 4. The first-order valence-corrected chi connectivity index (χ1v) is 6.86. The first-order chi connectivity index (χ1) is 10.8. The van der Waals surface area contributed by atoms with Gasteiger partial charge in [-0.1, -0.05) is 0 Å². The van der Waals surface area contributed by atoms with E-state index in [0.29, 0.717) is 0 Å². The van der Waals surface area contributed by atoms with Crippen LogP contribution in [-0.4, -0.2) is 30.1 Å². The molecule has 1 heterocycles. The molecule has 0 bridgehead atoms. The number of aromatic nitrogens is 1. The molecular formula is C15H14F3NO4. The molecule has 0 spiro atoms. The van der Waals surface area contributed by atoms with Crippen molar-refractivity contribution in [3.8, 4) is 0 Å². The van der Waals surface area contributed by atoms with Gasteiger partial charge in [0.2, 0.25) is 0 Å². The van der Waals surface area contributed by atoms with Gasteiger partial charge >= 0.3 is 18.1 Å². The summed E-state index contributed by atoms with van der Waals surface area (Å²) in [6.07, 6.45) is -4.76. The fourth-order valence-electron chi connectivity index (χ4n) is 2.16. The van der Waals surface area contributed by atoms with E-state index in [9.17, 15) is 22.8 Å². The number of esters is 2. The molecule has 0 aliphatic carbocycles. The fourth-order valence-corrected chi connectivity index (χ4v) is 2.16. The van der Waals surface area contributed by atoms with Crippen LogP contribution in [0.15, 0.2) is 18.2 Å². The van der Waals surface area contributed by atoms with Crippen molar-refractivity contribution in [3.63, 3.8) is 0 Å². The normalized spacial score (nSPS) is 11.5. The molecule has 0 radical (unpaired) electrons. The zero-order valence-electron chi connectivity index (χ0n) is 12.4. The summed E-state index contributed by atoms with van der Waals surface area (Å²) in [5.41, 5.74) is -1.71. The Morgan fingerprint density at radius 3 is 2.26 bits per heavy atom. The van der Waals surface area contributed by atoms with Gasteiger partial charge in [0.05, 0.1) is 24.3 Å². The van der Waals surface area contributed by atoms with Gasteiger partial charge in [-0.25, -0.2) is 9.59 Å². The lowest BCUT2D eigenvalue weighted by atomic mass is 10.1. The highest BCUT2D eigenvalue weighted by Crippen LogP contribution is 2.36. The van der Waals surface area contributed by atoms with Crippen LogP contribution in [0.4, 0.5) is 13.2 Å². The van der Waals surface area contributed by atoms with E-state index in [1.54, 1.807) is 6.92 Å². The van der Waals surface area contributed by atoms with Crippen LogP contribution in [0.3, 0.4) is 0 Å². The van der Waals surface area contributed by atoms with E-state index in [-0.39, 0.29) is 29.7 Å². The lowest BCUT2D eigenvalue weighted by Gasteiger charge is -2.07. The number of hydrogen-bond donors (Lipinski definition) is 1. The molecule has 0 fully saturated rings. The predicted molar refractivity (Wildman–Crippen MR) is 75.2 cm³/mol. The summed E-state index contributed by atoms with van der Waals surface area (Å²) in [5, 5.41) is -0.0404. The van der Waals surface area contributed by atoms with Crippen LogP contribution in [0.25, 0.3) is 10.9 Å². The summed E-state index contributed by atoms with van der Waals surface area (Å²) >= 11 is 0. The number of nitrogens with one attached hydrogen (secondary N) is 1. The standard InChI is InChI=1S/C15H14F3NO4/c1-3-22-13(20)8-5-6-10-9(7-8)11(14(21)23-4-2)12(19-10)15(16,17)18/h5-7,19H,3-4H2,1-2H3. The predicted octanol–water partition coefficient (Wildman–Crippen LogP) is 3.54. The fraction of sp³-hybridized carbons (Fsp3) is 0.333. The molecule has 5 nitrogen and oxygen atoms in total. The van der Waals surface area contributed by atoms with E-state index in [0.717, 1.165) is 0 Å². The number of halogens is 3. The second-order valence-corrected chi connectivity index (χ2v) is 4.57. The molecule has 1 N–H and O–H groups in total. The summed E-state index contributed by atoms with van der Waals surface area (Å²) < 4.78 is 48.9. The third-order valence-corrected chi connectivity index (χ3v) is 3.07. The molecule has 2 rings (SSSR count). The van der Waals surface area contributed by atoms with E-state index in [4.69, 9.17) is 9.47 Å². The maximum absolute atomic E-state index is 13.1. The van der Waals surface area contributed by atoms with Crippen LogP contribution in [0, 0.1) is 0 Å². The average molecular weight is 329 g/mol. The molecule has 0 amide bonds. The highest BCUT2D eigenvalue weighted by molar-refractivity contribution is 6.07. The highest BCUT2D eigenvalue weighted by atomic mass is 19.4. The Morgan fingerprint density at radius 2 is 1.70 bits per heavy atom. The maximum atomic E-state index is 13.1. The number of carbonyl (C=O) groups is 2. The monoisotopic (exact) mass is 329 g/mol. The smallest absolute Gasteiger partial charge is 0.432 e. The van der Waals surface area contributed by atoms with Crippen LogP contribution in [-0.2, 0) is 15.7 Å². The molecule has 1 aromatic heterocycles. The summed E-state index contributed by atoms with van der Waals surface area (Å²) in [6, 6.07) is 3.80. The first kappa shape index (κ1) is 16.9. The van der Waals surface area contributed by atoms with Crippen LogP contribution in [0.2, 0.25) is 0 Å². The summed E-state index contributed by atoms with van der Waals surface area (Å²) in [6.45, 7) is 3.16. The van der Waals surface area contributed by atoms with Crippen LogP contribution in [0.1, 0.15) is 40.3 Å². The van der Waals surface area contributed by atoms with Crippen molar-refractivity contribution < 1.29 is 32.2 Å². The highest BCUT2D eigenvalue weighted by Gasteiger charge is 2.39. The molecular weight excluding hydrogens is 315 g/mol. The van der Waals surface area contributed by atoms with Crippen LogP contribution in [0.5, 0.6) is 0 Å². The topological polar surface area (TPSA) is 68.4 Å². The second kappa shape index (κ2) is 6.31. The Bertz CT molecular complexity index is 749. The van der Waals surface area contributed by atoms with Gasteiger partial charge in [0.25, 0.3) is 0 Å². The zero-order valence-corrected chi connectivity index (χ0v) is 12.4. The lowest BCUT2D eigenvalue weighted by molar-refractivity contribution is -0.141. The summed E-state index contributed by atoms with van der Waals surface area (Å²) in [4.78, 5) is 25.8. The number of aromatic amines is 1. The minimum atomic E-state index is -4.76. The van der Waals surface area contributed by atoms with Crippen molar-refractivity contribution in [2.24, 2.45) is 0 Å². The number of carbonyl (C=O) groups excluding carboxylic acids is 2. The van der Waals surface area contributed by atoms with Crippen molar-refractivity contribution >= 4 is 22.8 Å². The number of alkyl halides is 3. The van der Waals surface area contributed by atoms with Gasteiger partial charge in [-0.2, -0.15) is 13.2 Å². The summed E-state index contributed by atoms with van der Waals surface area (Å²) in [7, 11) is 0. The van der Waals surface area contributed by atoms with Crippen molar-refractivity contribution in [3.05, 3.63) is 35.0 Å². The van der Waals surface area contributed by atoms with Gasteiger partial charge in [-0.05, 0) is 32.0 Å². The average Bonchev–Trinajstić information content (AvgIpc) is 2.86. The number of fused-ring (bicyclic) bond motifs is 1. The number of benzene rings is 1. The Morgan fingerprint density at radius 1 is 1.09 bits per heavy atom. The quantitative estimate of drug-likeness (QED) is 0.871. The van der Waals surface area contributed by atoms with Gasteiger partial charge in [0, 0.05) is 10.9 Å². The van der Waals surface area contributed by atoms with Crippen LogP contribution < -0.4 is 0 Å². The number of H-pyrrole nitrogens is 1. The van der Waals surface area contributed by atoms with Crippen LogP contribution >= 0.6 is 0 Å². The minimum Gasteiger partial charge on any atom is -0.462 e. The van der Waals surface area contributed by atoms with Crippen molar-refractivity contribution in [1.29, 1.82) is 0 Å². The zero-order chi connectivity index (χ0) is 17.2. The Hall–Kier alpha value is -2.51. The molecule has 0 saturated carbocycles. The molecule has 124 valence electrons. The van der Waals surface area contributed by atoms with E-state index in [2.05, 4.69) is 4.98 Å². The lowest BCUT2D eigenvalue weighted by Crippen LogP contribution is -2.14. The minimum absolute atomic E-state index is 0.0404. The van der Waals surface area contributed by atoms with Crippen molar-refractivity contribution in [2.45, 2.75) is 20.0 Å². The molecule has 0 saturated heterocycles. The molecule has 23 heavy (non-hydrogen) atoms. The number of hydrogen-bond acceptors (Lipinski definition) is 4. The molecule has 1 aromatic carbocycles. The van der Waals surface area contributed by atoms with E-state index < -0.39 is 29.4 Å². The Labute approximate surface area is 129 Å². The van der Waals surface area contributed by atoms with Gasteiger partial charge in [-0.3, -0.25) is 0 Å². The van der Waals surface area contributed by atoms with Gasteiger partial charge in [0.1, 0.15) is 5.69 Å². The summed E-state index contributed by atoms with van der Waals surface area (Å²) in [5.74, 6) is -1.79. The van der Waals surface area contributed by atoms with Crippen molar-refractivity contribution in [1.82, 2.24) is 4.98 Å². The maximum Gasteiger partial charge on any atom is 0.432 e. The van der Waals surface area contributed by atoms with Gasteiger partial charge < -0.3 is 14.5 Å². The molecule has 0 aliphatic heterocycles. The molecule has 0 aliphatic rings. The van der Waals surface area contributed by atoms with E-state index in [1.807, 2.05) is 0 Å². The molecule has 0 unspecified atom stereocenters. The Kier molecular flexibility index (Phi) is 4.63. The first-order valence-electron chi connectivity index (χ1n) is 6.86. The SMILES string of the molecule is CCOC(=O)c1ccc2[nH]c(C(F)(F)F)c(C(=O)OCC)c2c1. The van der Waals surface area contributed by atoms with E-state index in [1.165, 1.54) is 25.1 Å². The Balaban J connectivity index is 2.66. The van der Waals surface area contributed by atoms with Gasteiger partial charge in [-0.15, -0.1) is 0 Å². The van der Waals surface area contributed by atoms with E-state index >= 15 is 0 Å². The largest absolute Gasteiger partial charge is 0.462 e. The van der Waals surface area contributed by atoms with Crippen molar-refractivity contribution in [2.75, 3.05) is 13.2 Å². The second-order valence-electron chi connectivity index (χ2n) is 4.57. The molecule has 8 heteroatoms. The molecule has 2 aromatic rings. The number of ether oxygens (including phenoxy) is 2. The van der Waals surface area contributed by atoms with Gasteiger partial charge in [0.15, 0.2) is 0 Å².